The second kappa shape index (κ2) is 5.94. The van der Waals surface area contributed by atoms with Crippen LogP contribution in [0.2, 0.25) is 0 Å². The molecule has 1 unspecified atom stereocenters. The number of hydrogen-bond donors (Lipinski definition) is 1. The molecule has 1 aliphatic carbocycles. The number of hydrogen-bond acceptors (Lipinski definition) is 3. The van der Waals surface area contributed by atoms with E-state index in [1.54, 1.807) is 4.88 Å². The molecule has 1 aromatic heterocycles. The second-order valence-corrected chi connectivity index (χ2v) is 7.18. The zero-order chi connectivity index (χ0) is 13.1. The summed E-state index contributed by atoms with van der Waals surface area (Å²) in [5.74, 6) is 0. The maximum absolute atomic E-state index is 3.83. The summed E-state index contributed by atoms with van der Waals surface area (Å²) in [7, 11) is 0. The van der Waals surface area contributed by atoms with Gasteiger partial charge in [-0.1, -0.05) is 32.3 Å². The molecule has 19 heavy (non-hydrogen) atoms. The molecule has 106 valence electrons. The summed E-state index contributed by atoms with van der Waals surface area (Å²) < 4.78 is 0. The Morgan fingerprint density at radius 3 is 2.95 bits per heavy atom. The maximum atomic E-state index is 3.83. The van der Waals surface area contributed by atoms with Crippen molar-refractivity contribution < 1.29 is 0 Å². The van der Waals surface area contributed by atoms with Crippen molar-refractivity contribution >= 4 is 11.3 Å². The third-order valence-corrected chi connectivity index (χ3v) is 5.81. The highest BCUT2D eigenvalue weighted by Crippen LogP contribution is 2.37. The largest absolute Gasteiger partial charge is 0.309 e. The van der Waals surface area contributed by atoms with E-state index in [1.807, 2.05) is 11.3 Å². The molecule has 1 spiro atoms. The zero-order valence-corrected chi connectivity index (χ0v) is 12.8. The van der Waals surface area contributed by atoms with E-state index >= 15 is 0 Å². The van der Waals surface area contributed by atoms with Gasteiger partial charge in [0.1, 0.15) is 0 Å². The van der Waals surface area contributed by atoms with Gasteiger partial charge in [0.2, 0.25) is 0 Å². The molecular weight excluding hydrogens is 252 g/mol. The van der Waals surface area contributed by atoms with E-state index in [1.165, 1.54) is 58.2 Å². The molecule has 1 saturated carbocycles. The van der Waals surface area contributed by atoms with E-state index < -0.39 is 0 Å². The van der Waals surface area contributed by atoms with Crippen LogP contribution in [-0.2, 0) is 0 Å². The summed E-state index contributed by atoms with van der Waals surface area (Å²) >= 11 is 1.93. The van der Waals surface area contributed by atoms with Crippen LogP contribution < -0.4 is 5.32 Å². The molecule has 0 aromatic carbocycles. The summed E-state index contributed by atoms with van der Waals surface area (Å²) in [5.41, 5.74) is 0.446. The van der Waals surface area contributed by atoms with Crippen molar-refractivity contribution in [3.63, 3.8) is 0 Å². The number of nitrogens with one attached hydrogen (secondary N) is 1. The van der Waals surface area contributed by atoms with Crippen molar-refractivity contribution in [2.75, 3.05) is 19.6 Å². The highest BCUT2D eigenvalue weighted by molar-refractivity contribution is 7.10. The molecule has 1 aliphatic heterocycles. The van der Waals surface area contributed by atoms with E-state index in [9.17, 15) is 0 Å². The van der Waals surface area contributed by atoms with Gasteiger partial charge in [-0.25, -0.2) is 0 Å². The van der Waals surface area contributed by atoms with Crippen molar-refractivity contribution in [1.82, 2.24) is 10.2 Å². The van der Waals surface area contributed by atoms with Gasteiger partial charge in [0.15, 0.2) is 0 Å². The molecule has 3 rings (SSSR count). The molecule has 0 amide bonds. The Morgan fingerprint density at radius 2 is 2.26 bits per heavy atom. The minimum absolute atomic E-state index is 0.446. The lowest BCUT2D eigenvalue weighted by Gasteiger charge is -2.44. The lowest BCUT2D eigenvalue weighted by molar-refractivity contribution is 0.0902. The summed E-state index contributed by atoms with van der Waals surface area (Å²) in [6.45, 7) is 5.96. The second-order valence-electron chi connectivity index (χ2n) is 6.20. The van der Waals surface area contributed by atoms with E-state index in [0.717, 1.165) is 0 Å². The first-order valence-corrected chi connectivity index (χ1v) is 8.73. The summed E-state index contributed by atoms with van der Waals surface area (Å²) in [6.07, 6.45) is 8.17. The average molecular weight is 278 g/mol. The Balaban J connectivity index is 1.74. The lowest BCUT2D eigenvalue weighted by Crippen LogP contribution is -2.59. The molecule has 3 heteroatoms. The fraction of sp³-hybridized carbons (Fsp3) is 0.750. The highest BCUT2D eigenvalue weighted by Gasteiger charge is 2.39. The Morgan fingerprint density at radius 1 is 1.42 bits per heavy atom. The van der Waals surface area contributed by atoms with E-state index in [4.69, 9.17) is 0 Å². The Hall–Kier alpha value is -0.380. The molecule has 2 nitrogen and oxygen atoms in total. The standard InChI is InChI=1S/C16H26N2S/c1-2-6-14(15-7-5-12-19-15)18-11-10-17-16(13-18)8-3-4-9-16/h5,7,12,14,17H,2-4,6,8-11,13H2,1H3. The minimum atomic E-state index is 0.446. The Labute approximate surface area is 121 Å². The molecule has 2 heterocycles. The fourth-order valence-electron chi connectivity index (χ4n) is 3.90. The first-order valence-electron chi connectivity index (χ1n) is 7.85. The molecule has 0 radical (unpaired) electrons. The molecule has 1 aromatic rings. The van der Waals surface area contributed by atoms with E-state index in [0.29, 0.717) is 11.6 Å². The van der Waals surface area contributed by atoms with Crippen molar-refractivity contribution in [2.24, 2.45) is 0 Å². The summed E-state index contributed by atoms with van der Waals surface area (Å²) in [4.78, 5) is 4.33. The molecule has 2 aliphatic rings. The van der Waals surface area contributed by atoms with Crippen molar-refractivity contribution in [1.29, 1.82) is 0 Å². The molecule has 1 saturated heterocycles. The van der Waals surface area contributed by atoms with Gasteiger partial charge in [-0.15, -0.1) is 11.3 Å². The van der Waals surface area contributed by atoms with Gasteiger partial charge in [-0.2, -0.15) is 0 Å². The van der Waals surface area contributed by atoms with Gasteiger partial charge in [-0.05, 0) is 30.7 Å². The predicted octanol–water partition coefficient (Wildman–Crippen LogP) is 3.81. The number of thiophene rings is 1. The first kappa shape index (κ1) is 13.6. The van der Waals surface area contributed by atoms with Gasteiger partial charge in [-0.3, -0.25) is 4.90 Å². The quantitative estimate of drug-likeness (QED) is 0.901. The highest BCUT2D eigenvalue weighted by atomic mass is 32.1. The molecule has 1 N–H and O–H groups in total. The van der Waals surface area contributed by atoms with Crippen LogP contribution in [0.3, 0.4) is 0 Å². The van der Waals surface area contributed by atoms with Crippen LogP contribution in [0.15, 0.2) is 17.5 Å². The van der Waals surface area contributed by atoms with Crippen molar-refractivity contribution in [3.8, 4) is 0 Å². The van der Waals surface area contributed by atoms with Crippen LogP contribution >= 0.6 is 11.3 Å². The van der Waals surface area contributed by atoms with Crippen LogP contribution in [0.5, 0.6) is 0 Å². The molecular formula is C16H26N2S. The van der Waals surface area contributed by atoms with Gasteiger partial charge >= 0.3 is 0 Å². The van der Waals surface area contributed by atoms with Crippen molar-refractivity contribution in [2.45, 2.75) is 57.0 Å². The number of rotatable bonds is 4. The zero-order valence-electron chi connectivity index (χ0n) is 12.0. The lowest BCUT2D eigenvalue weighted by atomic mass is 9.92. The summed E-state index contributed by atoms with van der Waals surface area (Å²) in [6, 6.07) is 5.19. The van der Waals surface area contributed by atoms with Crippen LogP contribution in [0.4, 0.5) is 0 Å². The average Bonchev–Trinajstić information content (AvgIpc) is 3.08. The number of piperazine rings is 1. The molecule has 0 bridgehead atoms. The SMILES string of the molecule is CCCC(c1cccs1)N1CCNC2(CCCC2)C1. The number of nitrogens with zero attached hydrogens (tertiary/aromatic N) is 1. The maximum Gasteiger partial charge on any atom is 0.0442 e. The first-order chi connectivity index (χ1) is 9.33. The third-order valence-electron chi connectivity index (χ3n) is 4.84. The Kier molecular flexibility index (Phi) is 4.25. The normalized spacial score (nSPS) is 24.9. The van der Waals surface area contributed by atoms with E-state index in [-0.39, 0.29) is 0 Å². The van der Waals surface area contributed by atoms with Crippen LogP contribution in [-0.4, -0.2) is 30.1 Å². The Bertz CT molecular complexity index is 381. The third kappa shape index (κ3) is 2.88. The van der Waals surface area contributed by atoms with Crippen LogP contribution in [0.25, 0.3) is 0 Å². The molecule has 1 atom stereocenters. The van der Waals surface area contributed by atoms with Gasteiger partial charge in [0.25, 0.3) is 0 Å². The monoisotopic (exact) mass is 278 g/mol. The van der Waals surface area contributed by atoms with Gasteiger partial charge < -0.3 is 5.32 Å². The summed E-state index contributed by atoms with van der Waals surface area (Å²) in [5, 5.41) is 6.06. The molecule has 2 fully saturated rings. The fourth-order valence-corrected chi connectivity index (χ4v) is 4.80. The van der Waals surface area contributed by atoms with Crippen molar-refractivity contribution in [3.05, 3.63) is 22.4 Å². The van der Waals surface area contributed by atoms with Gasteiger partial charge in [0, 0.05) is 36.1 Å². The smallest absolute Gasteiger partial charge is 0.0442 e. The van der Waals surface area contributed by atoms with E-state index in [2.05, 4.69) is 34.7 Å². The van der Waals surface area contributed by atoms with Crippen LogP contribution in [0.1, 0.15) is 56.4 Å². The van der Waals surface area contributed by atoms with Gasteiger partial charge in [0.05, 0.1) is 0 Å². The predicted molar refractivity (Wildman–Crippen MR) is 82.7 cm³/mol. The topological polar surface area (TPSA) is 15.3 Å². The van der Waals surface area contributed by atoms with Crippen LogP contribution in [0, 0.1) is 0 Å². The minimum Gasteiger partial charge on any atom is -0.309 e.